The molecule has 1 N–H and O–H groups in total. The molecule has 0 bridgehead atoms. The van der Waals surface area contributed by atoms with Gasteiger partial charge in [0, 0.05) is 41.6 Å². The summed E-state index contributed by atoms with van der Waals surface area (Å²) in [5, 5.41) is 4.70. The summed E-state index contributed by atoms with van der Waals surface area (Å²) in [4.78, 5) is 18.4. The topological polar surface area (TPSA) is 58.1 Å². The summed E-state index contributed by atoms with van der Waals surface area (Å²) >= 11 is 13.3. The summed E-state index contributed by atoms with van der Waals surface area (Å²) in [6.45, 7) is 0.638. The summed E-state index contributed by atoms with van der Waals surface area (Å²) in [5.41, 5.74) is 1.86. The fraction of sp³-hybridized carbons (Fsp3) is 0.250. The van der Waals surface area contributed by atoms with Crippen molar-refractivity contribution in [1.29, 1.82) is 0 Å². The molecular weight excluding hydrogens is 434 g/mol. The minimum absolute atomic E-state index is 0.118. The zero-order valence-electron chi connectivity index (χ0n) is 15.7. The second-order valence-electron chi connectivity index (χ2n) is 6.49. The predicted octanol–water partition coefficient (Wildman–Crippen LogP) is 4.37. The van der Waals surface area contributed by atoms with Crippen LogP contribution in [0.15, 0.2) is 42.5 Å². The van der Waals surface area contributed by atoms with Gasteiger partial charge in [0.15, 0.2) is 0 Å². The Morgan fingerprint density at radius 2 is 1.97 bits per heavy atom. The average molecular weight is 453 g/mol. The molecule has 1 amide bonds. The molecule has 0 aliphatic rings. The van der Waals surface area contributed by atoms with Crippen LogP contribution < -0.4 is 10.2 Å². The molecule has 2 aromatic carbocycles. The summed E-state index contributed by atoms with van der Waals surface area (Å²) in [6.07, 6.45) is 1.13. The van der Waals surface area contributed by atoms with E-state index in [0.717, 1.165) is 11.1 Å². The Morgan fingerprint density at radius 3 is 2.69 bits per heavy atom. The van der Waals surface area contributed by atoms with E-state index in [1.165, 1.54) is 23.7 Å². The van der Waals surface area contributed by atoms with E-state index in [9.17, 15) is 9.18 Å². The lowest BCUT2D eigenvalue weighted by atomic mass is 10.1. The molecule has 0 fully saturated rings. The zero-order chi connectivity index (χ0) is 20.8. The van der Waals surface area contributed by atoms with E-state index in [2.05, 4.69) is 14.7 Å². The molecule has 0 radical (unpaired) electrons. The molecule has 0 saturated carbocycles. The Balaban J connectivity index is 1.47. The van der Waals surface area contributed by atoms with Crippen molar-refractivity contribution >= 4 is 45.8 Å². The number of rotatable bonds is 8. The van der Waals surface area contributed by atoms with Gasteiger partial charge in [-0.3, -0.25) is 4.79 Å². The fourth-order valence-corrected chi connectivity index (χ4v) is 3.80. The fourth-order valence-electron chi connectivity index (χ4n) is 2.66. The number of amides is 1. The van der Waals surface area contributed by atoms with Gasteiger partial charge in [-0.15, -0.1) is 0 Å². The lowest BCUT2D eigenvalue weighted by Crippen LogP contribution is -2.36. The van der Waals surface area contributed by atoms with Gasteiger partial charge in [0.1, 0.15) is 11.6 Å². The first-order chi connectivity index (χ1) is 13.9. The molecule has 5 nitrogen and oxygen atoms in total. The van der Waals surface area contributed by atoms with Gasteiger partial charge in [-0.2, -0.15) is 4.37 Å². The number of carbonyl (C=O) groups is 1. The van der Waals surface area contributed by atoms with Gasteiger partial charge in [-0.1, -0.05) is 41.4 Å². The molecule has 0 atom stereocenters. The first-order valence-corrected chi connectivity index (χ1v) is 10.4. The van der Waals surface area contributed by atoms with Crippen LogP contribution in [0.5, 0.6) is 0 Å². The van der Waals surface area contributed by atoms with Crippen LogP contribution in [0.3, 0.4) is 0 Å². The molecule has 9 heteroatoms. The highest BCUT2D eigenvalue weighted by Crippen LogP contribution is 2.21. The molecule has 0 saturated heterocycles. The zero-order valence-corrected chi connectivity index (χ0v) is 18.0. The maximum Gasteiger partial charge on any atom is 0.239 e. The van der Waals surface area contributed by atoms with Crippen LogP contribution in [0.2, 0.25) is 10.0 Å². The van der Waals surface area contributed by atoms with E-state index in [1.807, 2.05) is 6.07 Å². The van der Waals surface area contributed by atoms with Crippen molar-refractivity contribution < 1.29 is 9.18 Å². The molecule has 0 aliphatic heterocycles. The molecular formula is C20H19Cl2FN4OS. The normalized spacial score (nSPS) is 10.8. The quantitative estimate of drug-likeness (QED) is 0.551. The van der Waals surface area contributed by atoms with Gasteiger partial charge < -0.3 is 10.2 Å². The van der Waals surface area contributed by atoms with Crippen molar-refractivity contribution in [2.45, 2.75) is 12.8 Å². The van der Waals surface area contributed by atoms with E-state index in [0.29, 0.717) is 40.4 Å². The minimum atomic E-state index is -0.273. The molecule has 3 rings (SSSR count). The Bertz CT molecular complexity index is 981. The van der Waals surface area contributed by atoms with Gasteiger partial charge in [0.25, 0.3) is 0 Å². The number of nitrogens with zero attached hydrogens (tertiary/aromatic N) is 3. The molecule has 0 aliphatic carbocycles. The largest absolute Gasteiger partial charge is 0.354 e. The Morgan fingerprint density at radius 1 is 1.21 bits per heavy atom. The molecule has 1 heterocycles. The molecule has 152 valence electrons. The first kappa shape index (κ1) is 21.5. The number of benzene rings is 2. The number of hydrogen-bond donors (Lipinski definition) is 1. The number of anilines is 1. The SMILES string of the molecule is CN(CC(=O)NCCc1ccc(Cl)cc1Cl)c1nc(Cc2ccc(F)cc2)ns1. The summed E-state index contributed by atoms with van der Waals surface area (Å²) in [6, 6.07) is 11.6. The van der Waals surface area contributed by atoms with Crippen molar-refractivity contribution in [2.75, 3.05) is 25.0 Å². The van der Waals surface area contributed by atoms with Crippen LogP contribution in [-0.2, 0) is 17.6 Å². The third kappa shape index (κ3) is 6.39. The van der Waals surface area contributed by atoms with Crippen LogP contribution >= 0.6 is 34.7 Å². The highest BCUT2D eigenvalue weighted by Gasteiger charge is 2.13. The van der Waals surface area contributed by atoms with E-state index >= 15 is 0 Å². The summed E-state index contributed by atoms with van der Waals surface area (Å²) < 4.78 is 17.3. The highest BCUT2D eigenvalue weighted by molar-refractivity contribution is 7.09. The van der Waals surface area contributed by atoms with Crippen LogP contribution in [-0.4, -0.2) is 35.4 Å². The van der Waals surface area contributed by atoms with Crippen LogP contribution in [0.25, 0.3) is 0 Å². The smallest absolute Gasteiger partial charge is 0.239 e. The molecule has 0 unspecified atom stereocenters. The standard InChI is InChI=1S/C20H19Cl2FN4OS/c1-27(12-19(28)24-9-8-14-4-5-15(21)11-17(14)22)20-25-18(26-29-20)10-13-2-6-16(23)7-3-13/h2-7,11H,8-10,12H2,1H3,(H,24,28). The Labute approximate surface area is 182 Å². The van der Waals surface area contributed by atoms with Crippen LogP contribution in [0.4, 0.5) is 9.52 Å². The minimum Gasteiger partial charge on any atom is -0.354 e. The van der Waals surface area contributed by atoms with E-state index in [4.69, 9.17) is 23.2 Å². The van der Waals surface area contributed by atoms with Gasteiger partial charge in [-0.25, -0.2) is 9.37 Å². The summed E-state index contributed by atoms with van der Waals surface area (Å²) in [5.74, 6) is 0.249. The maximum atomic E-state index is 13.0. The molecule has 1 aromatic heterocycles. The first-order valence-electron chi connectivity index (χ1n) is 8.89. The van der Waals surface area contributed by atoms with Crippen molar-refractivity contribution in [2.24, 2.45) is 0 Å². The van der Waals surface area contributed by atoms with Crippen LogP contribution in [0, 0.1) is 5.82 Å². The Kier molecular flexibility index (Phi) is 7.41. The maximum absolute atomic E-state index is 13.0. The van der Waals surface area contributed by atoms with Crippen molar-refractivity contribution in [3.63, 3.8) is 0 Å². The van der Waals surface area contributed by atoms with E-state index < -0.39 is 0 Å². The molecule has 3 aromatic rings. The summed E-state index contributed by atoms with van der Waals surface area (Å²) in [7, 11) is 1.79. The number of carbonyl (C=O) groups excluding carboxylic acids is 1. The van der Waals surface area contributed by atoms with Gasteiger partial charge >= 0.3 is 0 Å². The average Bonchev–Trinajstić information content (AvgIpc) is 3.14. The predicted molar refractivity (Wildman–Crippen MR) is 116 cm³/mol. The van der Waals surface area contributed by atoms with Gasteiger partial charge in [0.2, 0.25) is 11.0 Å². The monoisotopic (exact) mass is 452 g/mol. The third-order valence-electron chi connectivity index (χ3n) is 4.17. The Hall–Kier alpha value is -2.22. The second-order valence-corrected chi connectivity index (χ2v) is 8.06. The third-order valence-corrected chi connectivity index (χ3v) is 5.63. The van der Waals surface area contributed by atoms with E-state index in [-0.39, 0.29) is 18.3 Å². The highest BCUT2D eigenvalue weighted by atomic mass is 35.5. The number of likely N-dealkylation sites (N-methyl/N-ethyl adjacent to an activating group) is 1. The number of halogens is 3. The number of nitrogens with one attached hydrogen (secondary N) is 1. The van der Waals surface area contributed by atoms with Crippen molar-refractivity contribution in [3.05, 3.63) is 75.3 Å². The van der Waals surface area contributed by atoms with Crippen LogP contribution in [0.1, 0.15) is 17.0 Å². The van der Waals surface area contributed by atoms with Crippen molar-refractivity contribution in [3.8, 4) is 0 Å². The van der Waals surface area contributed by atoms with Gasteiger partial charge in [0.05, 0.1) is 6.54 Å². The van der Waals surface area contributed by atoms with E-state index in [1.54, 1.807) is 36.2 Å². The number of aromatic nitrogens is 2. The number of hydrogen-bond acceptors (Lipinski definition) is 5. The molecule has 0 spiro atoms. The van der Waals surface area contributed by atoms with Gasteiger partial charge in [-0.05, 0) is 41.8 Å². The lowest BCUT2D eigenvalue weighted by Gasteiger charge is -2.15. The van der Waals surface area contributed by atoms with Crippen molar-refractivity contribution in [1.82, 2.24) is 14.7 Å². The lowest BCUT2D eigenvalue weighted by molar-refractivity contribution is -0.119. The second kappa shape index (κ2) is 10.0. The molecule has 29 heavy (non-hydrogen) atoms.